The molecule has 0 aliphatic heterocycles. The predicted molar refractivity (Wildman–Crippen MR) is 51.1 cm³/mol. The highest BCUT2D eigenvalue weighted by Gasteiger charge is 2.02. The Bertz CT molecular complexity index is 464. The van der Waals surface area contributed by atoms with Crippen LogP contribution in [0.2, 0.25) is 0 Å². The van der Waals surface area contributed by atoms with E-state index in [0.29, 0.717) is 11.5 Å². The Hall–Kier alpha value is -1.36. The van der Waals surface area contributed by atoms with Crippen LogP contribution in [0.15, 0.2) is 32.4 Å². The third-order valence-corrected chi connectivity index (χ3v) is 1.98. The molecule has 2 aromatic heterocycles. The summed E-state index contributed by atoms with van der Waals surface area (Å²) in [6.45, 7) is 0. The molecule has 0 unspecified atom stereocenters. The average Bonchev–Trinajstić information content (AvgIpc) is 2.46. The average molecular weight is 241 g/mol. The van der Waals surface area contributed by atoms with Gasteiger partial charge in [0.2, 0.25) is 5.71 Å². The molecule has 0 amide bonds. The Labute approximate surface area is 82.0 Å². The van der Waals surface area contributed by atoms with Crippen molar-refractivity contribution in [2.75, 3.05) is 0 Å². The molecule has 2 aromatic rings. The van der Waals surface area contributed by atoms with E-state index in [9.17, 15) is 0 Å². The molecule has 0 aromatic carbocycles. The van der Waals surface area contributed by atoms with Gasteiger partial charge in [-0.25, -0.2) is 4.98 Å². The smallest absolute Gasteiger partial charge is 0.226 e. The first-order valence-electron chi connectivity index (χ1n) is 3.52. The highest BCUT2D eigenvalue weighted by molar-refractivity contribution is 9.10. The molecule has 0 fully saturated rings. The summed E-state index contributed by atoms with van der Waals surface area (Å²) in [5, 5.41) is 12.0. The Kier molecular flexibility index (Phi) is 2.02. The molecule has 0 radical (unpaired) electrons. The lowest BCUT2D eigenvalue weighted by Gasteiger charge is -1.86. The molecule has 0 saturated carbocycles. The summed E-state index contributed by atoms with van der Waals surface area (Å²) in [7, 11) is 0. The van der Waals surface area contributed by atoms with E-state index < -0.39 is 0 Å². The van der Waals surface area contributed by atoms with E-state index in [4.69, 9.17) is 9.62 Å². The number of rotatable bonds is 1. The topological polar surface area (TPSA) is 58.6 Å². The minimum Gasteiger partial charge on any atom is -0.437 e. The van der Waals surface area contributed by atoms with E-state index in [-0.39, 0.29) is 0 Å². The van der Waals surface area contributed by atoms with Crippen LogP contribution in [0.4, 0.5) is 0 Å². The third-order valence-electron chi connectivity index (χ3n) is 1.54. The minimum absolute atomic E-state index is 0.475. The summed E-state index contributed by atoms with van der Waals surface area (Å²) in [4.78, 5) is 4.03. The van der Waals surface area contributed by atoms with Gasteiger partial charge in [-0.1, -0.05) is 5.16 Å². The zero-order valence-electron chi connectivity index (χ0n) is 6.44. The van der Waals surface area contributed by atoms with E-state index in [1.54, 1.807) is 12.3 Å². The second-order valence-electron chi connectivity index (χ2n) is 2.44. The zero-order valence-corrected chi connectivity index (χ0v) is 8.02. The first kappa shape index (κ1) is 8.25. The van der Waals surface area contributed by atoms with E-state index in [1.807, 2.05) is 6.07 Å². The van der Waals surface area contributed by atoms with Crippen molar-refractivity contribution in [3.63, 3.8) is 0 Å². The van der Waals surface area contributed by atoms with Crippen molar-refractivity contribution >= 4 is 33.2 Å². The molecular formula is C8H5BrN2O2. The molecule has 1 N–H and O–H groups in total. The van der Waals surface area contributed by atoms with Gasteiger partial charge in [-0.3, -0.25) is 0 Å². The van der Waals surface area contributed by atoms with Crippen LogP contribution in [0, 0.1) is 0 Å². The maximum atomic E-state index is 8.28. The summed E-state index contributed by atoms with van der Waals surface area (Å²) in [6, 6.07) is 3.62. The standard InChI is InChI=1S/C8H5BrN2O2/c9-6-1-5-2-7(4-11-12)13-8(5)10-3-6/h1-4,12H/b11-4+. The lowest BCUT2D eigenvalue weighted by Crippen LogP contribution is -1.71. The van der Waals surface area contributed by atoms with Crippen molar-refractivity contribution < 1.29 is 9.62 Å². The Morgan fingerprint density at radius 2 is 2.38 bits per heavy atom. The van der Waals surface area contributed by atoms with Crippen LogP contribution in [-0.2, 0) is 0 Å². The van der Waals surface area contributed by atoms with Crippen molar-refractivity contribution in [2.24, 2.45) is 5.16 Å². The summed E-state index contributed by atoms with van der Waals surface area (Å²) in [6.07, 6.45) is 2.86. The van der Waals surface area contributed by atoms with Crippen molar-refractivity contribution in [2.45, 2.75) is 0 Å². The van der Waals surface area contributed by atoms with E-state index >= 15 is 0 Å². The second kappa shape index (κ2) is 3.18. The number of pyridine rings is 1. The fourth-order valence-electron chi connectivity index (χ4n) is 1.05. The monoisotopic (exact) mass is 240 g/mol. The van der Waals surface area contributed by atoms with Crippen LogP contribution < -0.4 is 0 Å². The first-order chi connectivity index (χ1) is 6.29. The van der Waals surface area contributed by atoms with Gasteiger partial charge in [0.15, 0.2) is 5.76 Å². The summed E-state index contributed by atoms with van der Waals surface area (Å²) in [5.74, 6) is 0.475. The molecule has 5 heteroatoms. The molecule has 0 aliphatic carbocycles. The summed E-state index contributed by atoms with van der Waals surface area (Å²) in [5.41, 5.74) is 0.526. The van der Waals surface area contributed by atoms with Crippen molar-refractivity contribution in [1.29, 1.82) is 0 Å². The van der Waals surface area contributed by atoms with Gasteiger partial charge in [-0.15, -0.1) is 0 Å². The van der Waals surface area contributed by atoms with Gasteiger partial charge in [-0.05, 0) is 28.1 Å². The molecule has 66 valence electrons. The van der Waals surface area contributed by atoms with Gasteiger partial charge in [0, 0.05) is 16.1 Å². The van der Waals surface area contributed by atoms with Crippen LogP contribution in [0.3, 0.4) is 0 Å². The fourth-order valence-corrected chi connectivity index (χ4v) is 1.39. The highest BCUT2D eigenvalue weighted by atomic mass is 79.9. The number of oxime groups is 1. The molecule has 4 nitrogen and oxygen atoms in total. The molecule has 0 atom stereocenters. The maximum absolute atomic E-state index is 8.28. The molecule has 0 saturated heterocycles. The fraction of sp³-hybridized carbons (Fsp3) is 0. The lowest BCUT2D eigenvalue weighted by atomic mass is 10.3. The highest BCUT2D eigenvalue weighted by Crippen LogP contribution is 2.19. The lowest BCUT2D eigenvalue weighted by molar-refractivity contribution is 0.321. The number of furan rings is 1. The first-order valence-corrected chi connectivity index (χ1v) is 4.31. The summed E-state index contributed by atoms with van der Waals surface area (Å²) < 4.78 is 6.10. The van der Waals surface area contributed by atoms with Gasteiger partial charge >= 0.3 is 0 Å². The number of nitrogens with zero attached hydrogens (tertiary/aromatic N) is 2. The van der Waals surface area contributed by atoms with E-state index in [1.165, 1.54) is 6.21 Å². The van der Waals surface area contributed by atoms with Crippen LogP contribution in [-0.4, -0.2) is 16.4 Å². The number of aromatic nitrogens is 1. The van der Waals surface area contributed by atoms with Crippen molar-refractivity contribution in [3.8, 4) is 0 Å². The quantitative estimate of drug-likeness (QED) is 0.473. The number of fused-ring (bicyclic) bond motifs is 1. The minimum atomic E-state index is 0.475. The Morgan fingerprint density at radius 3 is 3.15 bits per heavy atom. The predicted octanol–water partition coefficient (Wildman–Crippen LogP) is 2.40. The van der Waals surface area contributed by atoms with E-state index in [0.717, 1.165) is 9.86 Å². The molecule has 0 spiro atoms. The number of hydrogen-bond acceptors (Lipinski definition) is 4. The Balaban J connectivity index is 2.62. The Morgan fingerprint density at radius 1 is 1.54 bits per heavy atom. The number of halogens is 1. The number of hydrogen-bond donors (Lipinski definition) is 1. The second-order valence-corrected chi connectivity index (χ2v) is 3.36. The normalized spacial score (nSPS) is 11.5. The largest absolute Gasteiger partial charge is 0.437 e. The van der Waals surface area contributed by atoms with Gasteiger partial charge in [-0.2, -0.15) is 0 Å². The molecule has 0 aliphatic rings. The SMILES string of the molecule is O/N=C/c1cc2cc(Br)cnc2o1. The third kappa shape index (κ3) is 1.55. The van der Waals surface area contributed by atoms with E-state index in [2.05, 4.69) is 26.1 Å². The van der Waals surface area contributed by atoms with Crippen LogP contribution in [0.5, 0.6) is 0 Å². The molecular weight excluding hydrogens is 236 g/mol. The van der Waals surface area contributed by atoms with Gasteiger partial charge < -0.3 is 9.62 Å². The zero-order chi connectivity index (χ0) is 9.26. The molecule has 0 bridgehead atoms. The van der Waals surface area contributed by atoms with Gasteiger partial charge in [0.1, 0.15) is 6.21 Å². The summed E-state index contributed by atoms with van der Waals surface area (Å²) >= 11 is 3.29. The molecule has 2 heterocycles. The van der Waals surface area contributed by atoms with Gasteiger partial charge in [0.05, 0.1) is 0 Å². The van der Waals surface area contributed by atoms with Crippen LogP contribution >= 0.6 is 15.9 Å². The molecule has 2 rings (SSSR count). The maximum Gasteiger partial charge on any atom is 0.226 e. The van der Waals surface area contributed by atoms with Gasteiger partial charge in [0.25, 0.3) is 0 Å². The van der Waals surface area contributed by atoms with Crippen molar-refractivity contribution in [3.05, 3.63) is 28.6 Å². The molecule has 13 heavy (non-hydrogen) atoms. The van der Waals surface area contributed by atoms with Crippen LogP contribution in [0.25, 0.3) is 11.1 Å². The van der Waals surface area contributed by atoms with Crippen LogP contribution in [0.1, 0.15) is 5.76 Å². The van der Waals surface area contributed by atoms with Crippen molar-refractivity contribution in [1.82, 2.24) is 4.98 Å².